The highest BCUT2D eigenvalue weighted by Crippen LogP contribution is 2.12. The van der Waals surface area contributed by atoms with E-state index in [2.05, 4.69) is 0 Å². The van der Waals surface area contributed by atoms with E-state index in [9.17, 15) is 5.11 Å². The van der Waals surface area contributed by atoms with Gasteiger partial charge in [-0.2, -0.15) is 0 Å². The highest BCUT2D eigenvalue weighted by molar-refractivity contribution is 4.66. The average molecular weight is 163 g/mol. The predicted molar refractivity (Wildman–Crippen MR) is 41.9 cm³/mol. The largest absolute Gasteiger partial charge is 0.342 e. The Morgan fingerprint density at radius 2 is 1.73 bits per heavy atom. The molecule has 0 saturated carbocycles. The standard InChI is InChI=1S/C7H17NO3/c1-4-10-7(9,6(3)8)11-5-2/h6,9H,4-5,8H2,1-3H3. The summed E-state index contributed by atoms with van der Waals surface area (Å²) in [5, 5.41) is 9.52. The highest BCUT2D eigenvalue weighted by atomic mass is 16.8. The minimum absolute atomic E-state index is 0.373. The van der Waals surface area contributed by atoms with Crippen molar-refractivity contribution in [3.05, 3.63) is 0 Å². The molecule has 0 aliphatic heterocycles. The van der Waals surface area contributed by atoms with Gasteiger partial charge in [0.15, 0.2) is 0 Å². The summed E-state index contributed by atoms with van der Waals surface area (Å²) in [4.78, 5) is 0. The molecule has 0 aromatic rings. The fourth-order valence-corrected chi connectivity index (χ4v) is 0.718. The van der Waals surface area contributed by atoms with E-state index in [4.69, 9.17) is 15.2 Å². The Labute approximate surface area is 67.3 Å². The third-order valence-electron chi connectivity index (χ3n) is 1.28. The lowest BCUT2D eigenvalue weighted by Gasteiger charge is -2.30. The number of nitrogens with two attached hydrogens (primary N) is 1. The van der Waals surface area contributed by atoms with Crippen molar-refractivity contribution in [3.8, 4) is 0 Å². The van der Waals surface area contributed by atoms with Crippen molar-refractivity contribution in [2.75, 3.05) is 13.2 Å². The van der Waals surface area contributed by atoms with Crippen LogP contribution in [-0.2, 0) is 9.47 Å². The highest BCUT2D eigenvalue weighted by Gasteiger charge is 2.32. The third-order valence-corrected chi connectivity index (χ3v) is 1.28. The van der Waals surface area contributed by atoms with Crippen LogP contribution in [0.15, 0.2) is 0 Å². The summed E-state index contributed by atoms with van der Waals surface area (Å²) in [5.41, 5.74) is 5.44. The molecule has 0 amide bonds. The van der Waals surface area contributed by atoms with Crippen LogP contribution in [0.4, 0.5) is 0 Å². The van der Waals surface area contributed by atoms with Crippen LogP contribution in [0.1, 0.15) is 20.8 Å². The SMILES string of the molecule is CCOC(O)(OCC)C(C)N. The molecule has 0 bridgehead atoms. The first-order valence-corrected chi connectivity index (χ1v) is 3.82. The summed E-state index contributed by atoms with van der Waals surface area (Å²) in [6.45, 7) is 5.92. The van der Waals surface area contributed by atoms with Crippen molar-refractivity contribution in [1.82, 2.24) is 0 Å². The zero-order chi connectivity index (χ0) is 8.91. The molecule has 0 saturated heterocycles. The topological polar surface area (TPSA) is 64.7 Å². The first-order chi connectivity index (χ1) is 5.06. The van der Waals surface area contributed by atoms with E-state index >= 15 is 0 Å². The number of rotatable bonds is 5. The summed E-state index contributed by atoms with van der Waals surface area (Å²) >= 11 is 0. The van der Waals surface area contributed by atoms with Crippen LogP contribution in [0.5, 0.6) is 0 Å². The van der Waals surface area contributed by atoms with Crippen LogP contribution in [0, 0.1) is 0 Å². The smallest absolute Gasteiger partial charge is 0.296 e. The van der Waals surface area contributed by atoms with E-state index < -0.39 is 12.0 Å². The molecule has 68 valence electrons. The Morgan fingerprint density at radius 1 is 1.36 bits per heavy atom. The average Bonchev–Trinajstić information content (AvgIpc) is 1.88. The molecule has 4 heteroatoms. The molecule has 0 radical (unpaired) electrons. The van der Waals surface area contributed by atoms with E-state index in [1.807, 2.05) is 0 Å². The molecule has 0 heterocycles. The molecule has 0 spiro atoms. The molecule has 1 atom stereocenters. The number of ether oxygens (including phenoxy) is 2. The molecule has 4 nitrogen and oxygen atoms in total. The fraction of sp³-hybridized carbons (Fsp3) is 1.00. The van der Waals surface area contributed by atoms with E-state index in [1.165, 1.54) is 0 Å². The second kappa shape index (κ2) is 4.66. The van der Waals surface area contributed by atoms with Gasteiger partial charge in [-0.25, -0.2) is 0 Å². The Hall–Kier alpha value is -0.160. The van der Waals surface area contributed by atoms with Gasteiger partial charge in [0.25, 0.3) is 5.97 Å². The van der Waals surface area contributed by atoms with Gasteiger partial charge >= 0.3 is 0 Å². The second-order valence-corrected chi connectivity index (χ2v) is 2.29. The van der Waals surface area contributed by atoms with Crippen LogP contribution >= 0.6 is 0 Å². The van der Waals surface area contributed by atoms with Gasteiger partial charge in [0.2, 0.25) is 0 Å². The van der Waals surface area contributed by atoms with E-state index in [0.29, 0.717) is 13.2 Å². The van der Waals surface area contributed by atoms with Gasteiger partial charge in [0.05, 0.1) is 6.04 Å². The Bertz CT molecular complexity index is 99.9. The molecule has 3 N–H and O–H groups in total. The van der Waals surface area contributed by atoms with Crippen molar-refractivity contribution < 1.29 is 14.6 Å². The van der Waals surface area contributed by atoms with Crippen LogP contribution < -0.4 is 5.73 Å². The zero-order valence-corrected chi connectivity index (χ0v) is 7.33. The van der Waals surface area contributed by atoms with Gasteiger partial charge < -0.3 is 20.3 Å². The lowest BCUT2D eigenvalue weighted by atomic mass is 10.3. The summed E-state index contributed by atoms with van der Waals surface area (Å²) in [6.07, 6.45) is 0. The Kier molecular flexibility index (Phi) is 4.60. The van der Waals surface area contributed by atoms with E-state index in [-0.39, 0.29) is 0 Å². The normalized spacial score (nSPS) is 15.0. The number of aliphatic hydroxyl groups is 1. The van der Waals surface area contributed by atoms with Crippen LogP contribution in [0.25, 0.3) is 0 Å². The van der Waals surface area contributed by atoms with Gasteiger partial charge in [-0.05, 0) is 20.8 Å². The number of hydrogen-bond acceptors (Lipinski definition) is 4. The Morgan fingerprint density at radius 3 is 1.91 bits per heavy atom. The van der Waals surface area contributed by atoms with E-state index in [1.54, 1.807) is 20.8 Å². The first kappa shape index (κ1) is 10.8. The molecule has 0 aromatic carbocycles. The monoisotopic (exact) mass is 163 g/mol. The van der Waals surface area contributed by atoms with Crippen molar-refractivity contribution in [3.63, 3.8) is 0 Å². The van der Waals surface area contributed by atoms with E-state index in [0.717, 1.165) is 0 Å². The molecular formula is C7H17NO3. The van der Waals surface area contributed by atoms with Crippen LogP contribution in [0.2, 0.25) is 0 Å². The summed E-state index contributed by atoms with van der Waals surface area (Å²) in [6, 6.07) is -0.553. The number of hydrogen-bond donors (Lipinski definition) is 2. The second-order valence-electron chi connectivity index (χ2n) is 2.29. The lowest BCUT2D eigenvalue weighted by Crippen LogP contribution is -2.50. The summed E-state index contributed by atoms with van der Waals surface area (Å²) < 4.78 is 9.88. The van der Waals surface area contributed by atoms with Gasteiger partial charge in [-0.3, -0.25) is 0 Å². The zero-order valence-electron chi connectivity index (χ0n) is 7.33. The molecule has 1 unspecified atom stereocenters. The fourth-order valence-electron chi connectivity index (χ4n) is 0.718. The van der Waals surface area contributed by atoms with Gasteiger partial charge in [-0.1, -0.05) is 0 Å². The predicted octanol–water partition coefficient (Wildman–Crippen LogP) is 0.0527. The third kappa shape index (κ3) is 3.16. The van der Waals surface area contributed by atoms with Crippen molar-refractivity contribution in [2.45, 2.75) is 32.8 Å². The molecule has 0 aromatic heterocycles. The molecule has 0 aliphatic rings. The van der Waals surface area contributed by atoms with Crippen LogP contribution in [-0.4, -0.2) is 30.3 Å². The molecular weight excluding hydrogens is 146 g/mol. The maximum absolute atomic E-state index is 9.52. The van der Waals surface area contributed by atoms with Crippen molar-refractivity contribution in [1.29, 1.82) is 0 Å². The van der Waals surface area contributed by atoms with Gasteiger partial charge in [0.1, 0.15) is 0 Å². The molecule has 0 aliphatic carbocycles. The minimum Gasteiger partial charge on any atom is -0.342 e. The van der Waals surface area contributed by atoms with Gasteiger partial charge in [0, 0.05) is 13.2 Å². The van der Waals surface area contributed by atoms with Crippen LogP contribution in [0.3, 0.4) is 0 Å². The minimum atomic E-state index is -1.62. The van der Waals surface area contributed by atoms with Crippen molar-refractivity contribution in [2.24, 2.45) is 5.73 Å². The molecule has 0 fully saturated rings. The molecule has 0 rings (SSSR count). The maximum atomic E-state index is 9.52. The van der Waals surface area contributed by atoms with Gasteiger partial charge in [-0.15, -0.1) is 0 Å². The first-order valence-electron chi connectivity index (χ1n) is 3.82. The lowest BCUT2D eigenvalue weighted by molar-refractivity contribution is -0.365. The quantitative estimate of drug-likeness (QED) is 0.562. The summed E-state index contributed by atoms with van der Waals surface area (Å²) in [7, 11) is 0. The maximum Gasteiger partial charge on any atom is 0.296 e. The summed E-state index contributed by atoms with van der Waals surface area (Å²) in [5.74, 6) is -1.62. The van der Waals surface area contributed by atoms with Crippen molar-refractivity contribution >= 4 is 0 Å². The molecule has 11 heavy (non-hydrogen) atoms. The Balaban J connectivity index is 4.01.